The maximum absolute atomic E-state index is 11.5. The van der Waals surface area contributed by atoms with Crippen LogP contribution in [-0.2, 0) is 16.0 Å². The van der Waals surface area contributed by atoms with E-state index in [4.69, 9.17) is 4.74 Å². The van der Waals surface area contributed by atoms with Gasteiger partial charge in [0.05, 0.1) is 32.0 Å². The van der Waals surface area contributed by atoms with Crippen molar-refractivity contribution in [3.63, 3.8) is 0 Å². The second-order valence-electron chi connectivity index (χ2n) is 4.21. The minimum Gasteiger partial charge on any atom is -0.465 e. The van der Waals surface area contributed by atoms with Crippen LogP contribution in [0.15, 0.2) is 30.5 Å². The number of hydrogen-bond donors (Lipinski definition) is 0. The zero-order valence-electron chi connectivity index (χ0n) is 11.8. The van der Waals surface area contributed by atoms with Crippen molar-refractivity contribution in [2.75, 3.05) is 13.7 Å². The third-order valence-corrected chi connectivity index (χ3v) is 2.72. The van der Waals surface area contributed by atoms with Crippen molar-refractivity contribution in [1.29, 1.82) is 0 Å². The number of carbonyl (C=O) groups is 2. The summed E-state index contributed by atoms with van der Waals surface area (Å²) >= 11 is 0. The fourth-order valence-electron chi connectivity index (χ4n) is 1.78. The number of hydrogen-bond acceptors (Lipinski definition) is 6. The molecule has 1 aromatic carbocycles. The van der Waals surface area contributed by atoms with Crippen LogP contribution >= 0.6 is 0 Å². The lowest BCUT2D eigenvalue weighted by Crippen LogP contribution is -2.05. The smallest absolute Gasteiger partial charge is 0.360 e. The molecule has 0 saturated carbocycles. The summed E-state index contributed by atoms with van der Waals surface area (Å²) in [6.07, 6.45) is 1.50. The van der Waals surface area contributed by atoms with E-state index in [1.165, 1.54) is 18.0 Å². The topological polar surface area (TPSA) is 83.3 Å². The summed E-state index contributed by atoms with van der Waals surface area (Å²) in [5, 5.41) is 7.61. The van der Waals surface area contributed by atoms with Crippen molar-refractivity contribution >= 4 is 11.9 Å². The fourth-order valence-corrected chi connectivity index (χ4v) is 1.78. The van der Waals surface area contributed by atoms with E-state index in [0.717, 1.165) is 5.56 Å². The molecule has 0 bridgehead atoms. The Labute approximate surface area is 121 Å². The zero-order valence-corrected chi connectivity index (χ0v) is 11.8. The Hall–Kier alpha value is -2.70. The molecule has 0 fully saturated rings. The van der Waals surface area contributed by atoms with Crippen LogP contribution in [0, 0.1) is 0 Å². The normalized spacial score (nSPS) is 10.2. The van der Waals surface area contributed by atoms with Crippen LogP contribution in [0.25, 0.3) is 0 Å². The van der Waals surface area contributed by atoms with Gasteiger partial charge in [-0.3, -0.25) is 0 Å². The Morgan fingerprint density at radius 2 is 2.10 bits per heavy atom. The first-order valence-electron chi connectivity index (χ1n) is 6.38. The monoisotopic (exact) mass is 289 g/mol. The Bertz CT molecular complexity index is 651. The Morgan fingerprint density at radius 3 is 2.81 bits per heavy atom. The number of carbonyl (C=O) groups excluding carboxylic acids is 2. The molecule has 7 nitrogen and oxygen atoms in total. The van der Waals surface area contributed by atoms with E-state index in [-0.39, 0.29) is 12.3 Å². The van der Waals surface area contributed by atoms with Gasteiger partial charge in [0, 0.05) is 0 Å². The number of aromatic nitrogens is 3. The van der Waals surface area contributed by atoms with E-state index < -0.39 is 11.9 Å². The molecule has 1 aromatic heterocycles. The van der Waals surface area contributed by atoms with E-state index in [2.05, 4.69) is 15.0 Å². The van der Waals surface area contributed by atoms with Crippen molar-refractivity contribution in [3.05, 3.63) is 47.3 Å². The highest BCUT2D eigenvalue weighted by molar-refractivity contribution is 5.89. The lowest BCUT2D eigenvalue weighted by molar-refractivity contribution is 0.0518. The van der Waals surface area contributed by atoms with Crippen molar-refractivity contribution in [2.45, 2.75) is 13.5 Å². The fraction of sp³-hybridized carbons (Fsp3) is 0.286. The Balaban J connectivity index is 2.12. The van der Waals surface area contributed by atoms with Gasteiger partial charge in [-0.2, -0.15) is 0 Å². The summed E-state index contributed by atoms with van der Waals surface area (Å²) in [5.74, 6) is -0.908. The van der Waals surface area contributed by atoms with Gasteiger partial charge in [0.1, 0.15) is 0 Å². The molecule has 2 rings (SSSR count). The number of benzene rings is 1. The minimum absolute atomic E-state index is 0.154. The second kappa shape index (κ2) is 6.65. The van der Waals surface area contributed by atoms with Gasteiger partial charge < -0.3 is 9.47 Å². The molecule has 0 spiro atoms. The van der Waals surface area contributed by atoms with E-state index in [0.29, 0.717) is 12.1 Å². The summed E-state index contributed by atoms with van der Waals surface area (Å²) < 4.78 is 11.0. The maximum Gasteiger partial charge on any atom is 0.360 e. The van der Waals surface area contributed by atoms with E-state index in [1.807, 2.05) is 6.07 Å². The van der Waals surface area contributed by atoms with Gasteiger partial charge in [-0.05, 0) is 24.6 Å². The van der Waals surface area contributed by atoms with Crippen LogP contribution < -0.4 is 0 Å². The lowest BCUT2D eigenvalue weighted by atomic mass is 10.1. The van der Waals surface area contributed by atoms with Crippen molar-refractivity contribution < 1.29 is 19.1 Å². The standard InChI is InChI=1S/C14H15N3O4/c1-3-21-14(19)12-9-17(16-15-12)8-10-5-4-6-11(7-10)13(18)20-2/h4-7,9H,3,8H2,1-2H3. The van der Waals surface area contributed by atoms with Gasteiger partial charge in [-0.25, -0.2) is 14.3 Å². The molecule has 110 valence electrons. The quantitative estimate of drug-likeness (QED) is 0.771. The molecule has 0 unspecified atom stereocenters. The molecule has 21 heavy (non-hydrogen) atoms. The van der Waals surface area contributed by atoms with E-state index in [1.54, 1.807) is 25.1 Å². The largest absolute Gasteiger partial charge is 0.465 e. The number of rotatable bonds is 5. The van der Waals surface area contributed by atoms with Crippen LogP contribution in [0.4, 0.5) is 0 Å². The van der Waals surface area contributed by atoms with Crippen LogP contribution in [0.5, 0.6) is 0 Å². The Morgan fingerprint density at radius 1 is 1.29 bits per heavy atom. The number of methoxy groups -OCH3 is 1. The third kappa shape index (κ3) is 3.65. The minimum atomic E-state index is -0.507. The summed E-state index contributed by atoms with van der Waals surface area (Å²) in [6, 6.07) is 6.97. The second-order valence-corrected chi connectivity index (χ2v) is 4.21. The molecule has 0 atom stereocenters. The molecule has 0 aliphatic heterocycles. The predicted molar refractivity (Wildman–Crippen MR) is 72.9 cm³/mol. The molecule has 0 aliphatic rings. The molecular weight excluding hydrogens is 274 g/mol. The molecule has 0 amide bonds. The number of esters is 2. The molecule has 0 N–H and O–H groups in total. The summed E-state index contributed by atoms with van der Waals surface area (Å²) in [6.45, 7) is 2.39. The van der Waals surface area contributed by atoms with Gasteiger partial charge in [0.15, 0.2) is 5.69 Å². The summed E-state index contributed by atoms with van der Waals surface area (Å²) in [7, 11) is 1.33. The number of nitrogens with zero attached hydrogens (tertiary/aromatic N) is 3. The summed E-state index contributed by atoms with van der Waals surface area (Å²) in [5.41, 5.74) is 1.46. The van der Waals surface area contributed by atoms with Crippen molar-refractivity contribution in [1.82, 2.24) is 15.0 Å². The predicted octanol–water partition coefficient (Wildman–Crippen LogP) is 1.29. The molecule has 2 aromatic rings. The highest BCUT2D eigenvalue weighted by Crippen LogP contribution is 2.08. The van der Waals surface area contributed by atoms with Crippen LogP contribution in [-0.4, -0.2) is 40.6 Å². The zero-order chi connectivity index (χ0) is 15.2. The highest BCUT2D eigenvalue weighted by atomic mass is 16.5. The van der Waals surface area contributed by atoms with Gasteiger partial charge >= 0.3 is 11.9 Å². The first-order valence-corrected chi connectivity index (χ1v) is 6.38. The third-order valence-electron chi connectivity index (χ3n) is 2.72. The first kappa shape index (κ1) is 14.7. The molecule has 0 radical (unpaired) electrons. The maximum atomic E-state index is 11.5. The lowest BCUT2D eigenvalue weighted by Gasteiger charge is -2.03. The van der Waals surface area contributed by atoms with Gasteiger partial charge in [0.25, 0.3) is 0 Å². The Kier molecular flexibility index (Phi) is 4.65. The average Bonchev–Trinajstić information content (AvgIpc) is 2.95. The average molecular weight is 289 g/mol. The van der Waals surface area contributed by atoms with Crippen molar-refractivity contribution in [2.24, 2.45) is 0 Å². The van der Waals surface area contributed by atoms with Crippen LogP contribution in [0.2, 0.25) is 0 Å². The molecule has 1 heterocycles. The highest BCUT2D eigenvalue weighted by Gasteiger charge is 2.12. The molecular formula is C14H15N3O4. The van der Waals surface area contributed by atoms with Gasteiger partial charge in [-0.15, -0.1) is 5.10 Å². The molecule has 7 heteroatoms. The molecule has 0 aliphatic carbocycles. The van der Waals surface area contributed by atoms with E-state index in [9.17, 15) is 9.59 Å². The van der Waals surface area contributed by atoms with Gasteiger partial charge in [0.2, 0.25) is 0 Å². The summed E-state index contributed by atoms with van der Waals surface area (Å²) in [4.78, 5) is 23.0. The SMILES string of the molecule is CCOC(=O)c1cn(Cc2cccc(C(=O)OC)c2)nn1. The number of ether oxygens (including phenoxy) is 2. The van der Waals surface area contributed by atoms with Gasteiger partial charge in [-0.1, -0.05) is 17.3 Å². The van der Waals surface area contributed by atoms with Crippen molar-refractivity contribution in [3.8, 4) is 0 Å². The molecule has 0 saturated heterocycles. The first-order chi connectivity index (χ1) is 10.1. The van der Waals surface area contributed by atoms with E-state index >= 15 is 0 Å². The van der Waals surface area contributed by atoms with Crippen LogP contribution in [0.1, 0.15) is 33.3 Å². The van der Waals surface area contributed by atoms with Crippen LogP contribution in [0.3, 0.4) is 0 Å².